The van der Waals surface area contributed by atoms with Gasteiger partial charge in [0.1, 0.15) is 11.5 Å². The molecule has 1 aromatic rings. The van der Waals surface area contributed by atoms with E-state index in [0.29, 0.717) is 12.3 Å². The summed E-state index contributed by atoms with van der Waals surface area (Å²) in [6, 6.07) is 5.71. The summed E-state index contributed by atoms with van der Waals surface area (Å²) >= 11 is 0. The standard InChI is InChI=1S/C12H20N4O2/c1-9(2)16(7-8-18-3)11-6-4-5-10(14-11)12(13)15-17/h4-6,9,17H,7-8H2,1-3H3,(H2,13,15). The van der Waals surface area contributed by atoms with Crippen molar-refractivity contribution >= 4 is 11.7 Å². The number of nitrogens with zero attached hydrogens (tertiary/aromatic N) is 3. The lowest BCUT2D eigenvalue weighted by Crippen LogP contribution is -2.35. The van der Waals surface area contributed by atoms with Crippen LogP contribution in [0.2, 0.25) is 0 Å². The lowest BCUT2D eigenvalue weighted by Gasteiger charge is -2.27. The maximum atomic E-state index is 8.66. The second kappa shape index (κ2) is 6.80. The molecule has 0 saturated carbocycles. The summed E-state index contributed by atoms with van der Waals surface area (Å²) in [6.45, 7) is 5.51. The fourth-order valence-corrected chi connectivity index (χ4v) is 1.60. The topological polar surface area (TPSA) is 84.0 Å². The molecule has 0 bridgehead atoms. The lowest BCUT2D eigenvalue weighted by atomic mass is 10.2. The highest BCUT2D eigenvalue weighted by atomic mass is 16.5. The number of nitrogens with two attached hydrogens (primary N) is 1. The van der Waals surface area contributed by atoms with Gasteiger partial charge in [-0.05, 0) is 26.0 Å². The summed E-state index contributed by atoms with van der Waals surface area (Å²) in [4.78, 5) is 6.47. The molecule has 18 heavy (non-hydrogen) atoms. The van der Waals surface area contributed by atoms with Crippen LogP contribution in [-0.2, 0) is 4.74 Å². The minimum atomic E-state index is 0.00676. The second-order valence-electron chi connectivity index (χ2n) is 4.15. The van der Waals surface area contributed by atoms with Crippen LogP contribution in [0.25, 0.3) is 0 Å². The van der Waals surface area contributed by atoms with Crippen molar-refractivity contribution in [3.8, 4) is 0 Å². The van der Waals surface area contributed by atoms with E-state index in [9.17, 15) is 0 Å². The first-order valence-corrected chi connectivity index (χ1v) is 5.80. The number of hydrogen-bond donors (Lipinski definition) is 2. The molecule has 0 amide bonds. The highest BCUT2D eigenvalue weighted by molar-refractivity contribution is 5.95. The number of aromatic nitrogens is 1. The van der Waals surface area contributed by atoms with Gasteiger partial charge in [0.15, 0.2) is 5.84 Å². The van der Waals surface area contributed by atoms with Crippen LogP contribution in [-0.4, -0.2) is 42.3 Å². The molecule has 0 aliphatic heterocycles. The van der Waals surface area contributed by atoms with Crippen molar-refractivity contribution < 1.29 is 9.94 Å². The zero-order chi connectivity index (χ0) is 13.5. The molecule has 0 unspecified atom stereocenters. The molecular weight excluding hydrogens is 232 g/mol. The Bertz CT molecular complexity index is 407. The van der Waals surface area contributed by atoms with Crippen molar-refractivity contribution in [1.29, 1.82) is 0 Å². The Labute approximate surface area is 107 Å². The molecule has 6 heteroatoms. The molecule has 3 N–H and O–H groups in total. The second-order valence-corrected chi connectivity index (χ2v) is 4.15. The predicted molar refractivity (Wildman–Crippen MR) is 71.1 cm³/mol. The van der Waals surface area contributed by atoms with Gasteiger partial charge in [0, 0.05) is 19.7 Å². The first kappa shape index (κ1) is 14.2. The number of methoxy groups -OCH3 is 1. The molecule has 0 aromatic carbocycles. The molecule has 0 radical (unpaired) electrons. The van der Waals surface area contributed by atoms with Crippen molar-refractivity contribution in [2.45, 2.75) is 19.9 Å². The van der Waals surface area contributed by atoms with Gasteiger partial charge in [-0.15, -0.1) is 0 Å². The van der Waals surface area contributed by atoms with E-state index in [2.05, 4.69) is 28.9 Å². The summed E-state index contributed by atoms with van der Waals surface area (Å²) in [5, 5.41) is 11.6. The molecule has 0 atom stereocenters. The highest BCUT2D eigenvalue weighted by Crippen LogP contribution is 2.14. The highest BCUT2D eigenvalue weighted by Gasteiger charge is 2.12. The van der Waals surface area contributed by atoms with Crippen LogP contribution in [0, 0.1) is 0 Å². The Morgan fingerprint density at radius 3 is 2.83 bits per heavy atom. The third-order valence-corrected chi connectivity index (χ3v) is 2.56. The van der Waals surface area contributed by atoms with E-state index in [0.717, 1.165) is 12.4 Å². The fourth-order valence-electron chi connectivity index (χ4n) is 1.60. The smallest absolute Gasteiger partial charge is 0.188 e. The summed E-state index contributed by atoms with van der Waals surface area (Å²) in [7, 11) is 1.67. The van der Waals surface area contributed by atoms with Gasteiger partial charge in [-0.25, -0.2) is 4.98 Å². The maximum Gasteiger partial charge on any atom is 0.188 e. The number of ether oxygens (including phenoxy) is 1. The van der Waals surface area contributed by atoms with Gasteiger partial charge in [-0.1, -0.05) is 11.2 Å². The Hall–Kier alpha value is -1.82. The number of rotatable bonds is 6. The van der Waals surface area contributed by atoms with Crippen molar-refractivity contribution in [2.75, 3.05) is 25.2 Å². The van der Waals surface area contributed by atoms with Crippen molar-refractivity contribution in [3.63, 3.8) is 0 Å². The zero-order valence-corrected chi connectivity index (χ0v) is 11.0. The van der Waals surface area contributed by atoms with Crippen molar-refractivity contribution in [3.05, 3.63) is 23.9 Å². The van der Waals surface area contributed by atoms with Gasteiger partial charge in [0.2, 0.25) is 0 Å². The molecule has 0 aliphatic carbocycles. The number of pyridine rings is 1. The van der Waals surface area contributed by atoms with E-state index < -0.39 is 0 Å². The monoisotopic (exact) mass is 252 g/mol. The molecular formula is C12H20N4O2. The predicted octanol–water partition coefficient (Wildman–Crippen LogP) is 1.04. The number of anilines is 1. The normalized spacial score (nSPS) is 11.9. The minimum absolute atomic E-state index is 0.00676. The third kappa shape index (κ3) is 3.59. The van der Waals surface area contributed by atoms with E-state index in [1.807, 2.05) is 12.1 Å². The van der Waals surface area contributed by atoms with E-state index in [1.54, 1.807) is 13.2 Å². The van der Waals surface area contributed by atoms with Gasteiger partial charge in [0.25, 0.3) is 0 Å². The quantitative estimate of drug-likeness (QED) is 0.342. The van der Waals surface area contributed by atoms with Gasteiger partial charge in [-0.2, -0.15) is 0 Å². The Morgan fingerprint density at radius 1 is 1.56 bits per heavy atom. The van der Waals surface area contributed by atoms with Crippen LogP contribution in [0.4, 0.5) is 5.82 Å². The van der Waals surface area contributed by atoms with Gasteiger partial charge >= 0.3 is 0 Å². The minimum Gasteiger partial charge on any atom is -0.409 e. The lowest BCUT2D eigenvalue weighted by molar-refractivity contribution is 0.203. The van der Waals surface area contributed by atoms with Crippen LogP contribution >= 0.6 is 0 Å². The van der Waals surface area contributed by atoms with E-state index in [-0.39, 0.29) is 11.9 Å². The average Bonchev–Trinajstić information content (AvgIpc) is 2.38. The molecule has 100 valence electrons. The molecule has 0 saturated heterocycles. The summed E-state index contributed by atoms with van der Waals surface area (Å²) in [5.41, 5.74) is 5.99. The SMILES string of the molecule is COCCN(c1cccc(/C(N)=N/O)n1)C(C)C. The summed E-state index contributed by atoms with van der Waals surface area (Å²) in [5.74, 6) is 0.790. The van der Waals surface area contributed by atoms with Gasteiger partial charge in [-0.3, -0.25) is 0 Å². The molecule has 0 fully saturated rings. The Balaban J connectivity index is 2.98. The van der Waals surface area contributed by atoms with Crippen LogP contribution in [0.3, 0.4) is 0 Å². The van der Waals surface area contributed by atoms with Crippen molar-refractivity contribution in [1.82, 2.24) is 4.98 Å². The summed E-state index contributed by atoms with van der Waals surface area (Å²) < 4.78 is 5.08. The molecule has 0 spiro atoms. The van der Waals surface area contributed by atoms with Gasteiger partial charge < -0.3 is 20.6 Å². The molecule has 1 heterocycles. The molecule has 0 aliphatic rings. The van der Waals surface area contributed by atoms with Gasteiger partial charge in [0.05, 0.1) is 6.61 Å². The largest absolute Gasteiger partial charge is 0.409 e. The van der Waals surface area contributed by atoms with Crippen molar-refractivity contribution in [2.24, 2.45) is 10.9 Å². The third-order valence-electron chi connectivity index (χ3n) is 2.56. The van der Waals surface area contributed by atoms with Crippen LogP contribution in [0.15, 0.2) is 23.4 Å². The Morgan fingerprint density at radius 2 is 2.28 bits per heavy atom. The molecule has 6 nitrogen and oxygen atoms in total. The number of hydrogen-bond acceptors (Lipinski definition) is 5. The molecule has 1 rings (SSSR count). The fraction of sp³-hybridized carbons (Fsp3) is 0.500. The van der Waals surface area contributed by atoms with Crippen LogP contribution in [0.5, 0.6) is 0 Å². The zero-order valence-electron chi connectivity index (χ0n) is 11.0. The Kier molecular flexibility index (Phi) is 5.38. The first-order valence-electron chi connectivity index (χ1n) is 5.80. The van der Waals surface area contributed by atoms with E-state index in [1.165, 1.54) is 0 Å². The first-order chi connectivity index (χ1) is 8.60. The summed E-state index contributed by atoms with van der Waals surface area (Å²) in [6.07, 6.45) is 0. The average molecular weight is 252 g/mol. The van der Waals surface area contributed by atoms with E-state index in [4.69, 9.17) is 15.7 Å². The molecule has 1 aromatic heterocycles. The van der Waals surface area contributed by atoms with Crippen LogP contribution in [0.1, 0.15) is 19.5 Å². The maximum absolute atomic E-state index is 8.66. The number of oxime groups is 1. The van der Waals surface area contributed by atoms with Crippen LogP contribution < -0.4 is 10.6 Å². The van der Waals surface area contributed by atoms with E-state index >= 15 is 0 Å². The number of amidine groups is 1.